The lowest BCUT2D eigenvalue weighted by atomic mass is 10.0. The predicted molar refractivity (Wildman–Crippen MR) is 103 cm³/mol. The van der Waals surface area contributed by atoms with Crippen molar-refractivity contribution in [2.24, 2.45) is 0 Å². The van der Waals surface area contributed by atoms with Crippen LogP contribution < -0.4 is 5.32 Å². The minimum Gasteiger partial charge on any atom is -0.377 e. The molecule has 6 heteroatoms. The molecule has 1 fully saturated rings. The smallest absolute Gasteiger partial charge is 0.318 e. The number of carbonyl (C=O) groups is 1. The molecule has 1 aliphatic carbocycles. The Bertz CT molecular complexity index is 723. The summed E-state index contributed by atoms with van der Waals surface area (Å²) in [4.78, 5) is 20.8. The Balaban J connectivity index is 1.34. The highest BCUT2D eigenvalue weighted by atomic mass is 32.1. The summed E-state index contributed by atoms with van der Waals surface area (Å²) in [6.07, 6.45) is 5.63. The predicted octanol–water partition coefficient (Wildman–Crippen LogP) is 3.35. The minimum absolute atomic E-state index is 0.0107. The van der Waals surface area contributed by atoms with Crippen LogP contribution in [-0.4, -0.2) is 42.2 Å². The van der Waals surface area contributed by atoms with Crippen molar-refractivity contribution in [3.05, 3.63) is 51.5 Å². The van der Waals surface area contributed by atoms with Gasteiger partial charge in [-0.2, -0.15) is 0 Å². The van der Waals surface area contributed by atoms with Gasteiger partial charge in [0.2, 0.25) is 0 Å². The second-order valence-electron chi connectivity index (χ2n) is 6.86. The van der Waals surface area contributed by atoms with Crippen LogP contribution in [-0.2, 0) is 24.0 Å². The zero-order chi connectivity index (χ0) is 17.8. The number of hydrogen-bond donors (Lipinski definition) is 1. The maximum absolute atomic E-state index is 12.7. The van der Waals surface area contributed by atoms with Crippen LogP contribution in [0.3, 0.4) is 0 Å². The first-order valence-electron chi connectivity index (χ1n) is 9.46. The molecule has 0 spiro atoms. The number of amides is 2. The zero-order valence-corrected chi connectivity index (χ0v) is 15.8. The molecule has 26 heavy (non-hydrogen) atoms. The van der Waals surface area contributed by atoms with Crippen LogP contribution in [0.1, 0.15) is 40.0 Å². The molecule has 2 aromatic rings. The SMILES string of the molecule is O=C(NCCc1nc2c(s1)CCCC2)N1CCOCC1c1ccccc1. The van der Waals surface area contributed by atoms with Gasteiger partial charge in [-0.05, 0) is 31.2 Å². The van der Waals surface area contributed by atoms with Crippen LogP contribution in [0.5, 0.6) is 0 Å². The Kier molecular flexibility index (Phi) is 5.51. The van der Waals surface area contributed by atoms with E-state index < -0.39 is 0 Å². The van der Waals surface area contributed by atoms with Crippen molar-refractivity contribution in [1.82, 2.24) is 15.2 Å². The quantitative estimate of drug-likeness (QED) is 0.897. The van der Waals surface area contributed by atoms with Gasteiger partial charge in [0.1, 0.15) is 0 Å². The standard InChI is InChI=1S/C20H25N3O2S/c24-20(21-11-10-19-22-16-8-4-5-9-18(16)26-19)23-12-13-25-14-17(23)15-6-2-1-3-7-15/h1-3,6-7,17H,4-5,8-14H2,(H,21,24). The van der Waals surface area contributed by atoms with Crippen molar-refractivity contribution in [3.8, 4) is 0 Å². The highest BCUT2D eigenvalue weighted by molar-refractivity contribution is 7.11. The molecule has 1 atom stereocenters. The van der Waals surface area contributed by atoms with E-state index in [4.69, 9.17) is 9.72 Å². The number of carbonyl (C=O) groups excluding carboxylic acids is 1. The summed E-state index contributed by atoms with van der Waals surface area (Å²) in [5.41, 5.74) is 2.41. The molecule has 1 N–H and O–H groups in total. The van der Waals surface area contributed by atoms with Gasteiger partial charge in [0.15, 0.2) is 0 Å². The Morgan fingerprint density at radius 1 is 1.27 bits per heavy atom. The van der Waals surface area contributed by atoms with Crippen LogP contribution >= 0.6 is 11.3 Å². The van der Waals surface area contributed by atoms with E-state index in [1.165, 1.54) is 29.8 Å². The third-order valence-electron chi connectivity index (χ3n) is 5.08. The highest BCUT2D eigenvalue weighted by Gasteiger charge is 2.28. The molecule has 2 heterocycles. The maximum Gasteiger partial charge on any atom is 0.318 e. The van der Waals surface area contributed by atoms with E-state index in [1.54, 1.807) is 0 Å². The normalized spacial score (nSPS) is 19.8. The lowest BCUT2D eigenvalue weighted by Crippen LogP contribution is -2.48. The molecule has 0 saturated carbocycles. The fourth-order valence-corrected chi connectivity index (χ4v) is 4.84. The molecule has 0 radical (unpaired) electrons. The molecule has 0 bridgehead atoms. The topological polar surface area (TPSA) is 54.5 Å². The van der Waals surface area contributed by atoms with Crippen molar-refractivity contribution < 1.29 is 9.53 Å². The lowest BCUT2D eigenvalue weighted by molar-refractivity contribution is 0.0117. The first-order valence-corrected chi connectivity index (χ1v) is 10.3. The molecule has 1 aromatic heterocycles. The third kappa shape index (κ3) is 3.91. The van der Waals surface area contributed by atoms with Crippen LogP contribution in [0, 0.1) is 0 Å². The molecule has 138 valence electrons. The molecule has 1 aliphatic heterocycles. The van der Waals surface area contributed by atoms with Gasteiger partial charge in [-0.15, -0.1) is 11.3 Å². The number of ether oxygens (including phenoxy) is 1. The van der Waals surface area contributed by atoms with Crippen LogP contribution in [0.2, 0.25) is 0 Å². The number of hydrogen-bond acceptors (Lipinski definition) is 4. The maximum atomic E-state index is 12.7. The van der Waals surface area contributed by atoms with Gasteiger partial charge >= 0.3 is 6.03 Å². The molecule has 5 nitrogen and oxygen atoms in total. The van der Waals surface area contributed by atoms with Crippen molar-refractivity contribution in [3.63, 3.8) is 0 Å². The zero-order valence-electron chi connectivity index (χ0n) is 14.9. The number of nitrogens with one attached hydrogen (secondary N) is 1. The number of urea groups is 1. The summed E-state index contributed by atoms with van der Waals surface area (Å²) in [6.45, 7) is 2.40. The van der Waals surface area contributed by atoms with Crippen molar-refractivity contribution in [1.29, 1.82) is 0 Å². The number of morpholine rings is 1. The van der Waals surface area contributed by atoms with Crippen LogP contribution in [0.25, 0.3) is 0 Å². The van der Waals surface area contributed by atoms with E-state index in [9.17, 15) is 4.79 Å². The Morgan fingerprint density at radius 3 is 2.96 bits per heavy atom. The summed E-state index contributed by atoms with van der Waals surface area (Å²) < 4.78 is 5.61. The number of nitrogens with zero attached hydrogens (tertiary/aromatic N) is 2. The second kappa shape index (κ2) is 8.18. The van der Waals surface area contributed by atoms with Crippen LogP contribution in [0.4, 0.5) is 4.79 Å². The van der Waals surface area contributed by atoms with E-state index in [-0.39, 0.29) is 12.1 Å². The fourth-order valence-electron chi connectivity index (χ4n) is 3.69. The van der Waals surface area contributed by atoms with E-state index in [2.05, 4.69) is 17.4 Å². The molecule has 2 aliphatic rings. The second-order valence-corrected chi connectivity index (χ2v) is 8.03. The Labute approximate surface area is 158 Å². The van der Waals surface area contributed by atoms with E-state index in [1.807, 2.05) is 34.4 Å². The first kappa shape index (κ1) is 17.5. The van der Waals surface area contributed by atoms with E-state index in [0.29, 0.717) is 26.3 Å². The number of thiazole rings is 1. The number of aryl methyl sites for hydroxylation is 2. The molecule has 2 amide bonds. The summed E-state index contributed by atoms with van der Waals surface area (Å²) >= 11 is 1.82. The first-order chi connectivity index (χ1) is 12.8. The van der Waals surface area contributed by atoms with Gasteiger partial charge in [0, 0.05) is 24.4 Å². The molecule has 4 rings (SSSR count). The highest BCUT2D eigenvalue weighted by Crippen LogP contribution is 2.27. The van der Waals surface area contributed by atoms with Gasteiger partial charge in [-0.25, -0.2) is 9.78 Å². The third-order valence-corrected chi connectivity index (χ3v) is 6.30. The molecular weight excluding hydrogens is 346 g/mol. The summed E-state index contributed by atoms with van der Waals surface area (Å²) in [5, 5.41) is 4.23. The number of aromatic nitrogens is 1. The largest absolute Gasteiger partial charge is 0.377 e. The summed E-state index contributed by atoms with van der Waals surface area (Å²) in [7, 11) is 0. The van der Waals surface area contributed by atoms with Gasteiger partial charge in [0.25, 0.3) is 0 Å². The monoisotopic (exact) mass is 371 g/mol. The fraction of sp³-hybridized carbons (Fsp3) is 0.500. The van der Waals surface area contributed by atoms with Crippen molar-refractivity contribution >= 4 is 17.4 Å². The Morgan fingerprint density at radius 2 is 2.12 bits per heavy atom. The molecule has 1 unspecified atom stereocenters. The van der Waals surface area contributed by atoms with Gasteiger partial charge in [-0.1, -0.05) is 30.3 Å². The Hall–Kier alpha value is -1.92. The van der Waals surface area contributed by atoms with Gasteiger partial charge in [-0.3, -0.25) is 0 Å². The molecule has 1 aromatic carbocycles. The number of rotatable bonds is 4. The van der Waals surface area contributed by atoms with E-state index >= 15 is 0 Å². The average Bonchev–Trinajstić information content (AvgIpc) is 3.11. The van der Waals surface area contributed by atoms with Gasteiger partial charge in [0.05, 0.1) is 30.0 Å². The average molecular weight is 372 g/mol. The van der Waals surface area contributed by atoms with E-state index in [0.717, 1.165) is 23.4 Å². The lowest BCUT2D eigenvalue weighted by Gasteiger charge is -2.35. The minimum atomic E-state index is -0.0165. The number of benzene rings is 1. The molecule has 1 saturated heterocycles. The summed E-state index contributed by atoms with van der Waals surface area (Å²) in [6, 6.07) is 10.1. The van der Waals surface area contributed by atoms with Crippen molar-refractivity contribution in [2.75, 3.05) is 26.3 Å². The number of fused-ring (bicyclic) bond motifs is 1. The van der Waals surface area contributed by atoms with Crippen molar-refractivity contribution in [2.45, 2.75) is 38.1 Å². The van der Waals surface area contributed by atoms with Crippen LogP contribution in [0.15, 0.2) is 30.3 Å². The van der Waals surface area contributed by atoms with Gasteiger partial charge < -0.3 is 15.0 Å². The molecular formula is C20H25N3O2S. The summed E-state index contributed by atoms with van der Waals surface area (Å²) in [5.74, 6) is 0.